The maximum Gasteiger partial charge on any atom is 0.123 e. The highest BCUT2D eigenvalue weighted by molar-refractivity contribution is 5.41. The molecule has 3 nitrogen and oxygen atoms in total. The number of halogens is 1. The molecule has 2 saturated carbocycles. The summed E-state index contributed by atoms with van der Waals surface area (Å²) in [6.45, 7) is 2.61. The molecule has 2 aromatic carbocycles. The molecule has 0 saturated heterocycles. The largest absolute Gasteiger partial charge is 0.489 e. The van der Waals surface area contributed by atoms with Crippen LogP contribution in [0.4, 0.5) is 4.39 Å². The predicted octanol–water partition coefficient (Wildman–Crippen LogP) is 4.59. The van der Waals surface area contributed by atoms with Gasteiger partial charge in [-0.3, -0.25) is 0 Å². The minimum Gasteiger partial charge on any atom is -0.489 e. The molecule has 0 aliphatic heterocycles. The average molecular weight is 397 g/mol. The molecular weight excluding hydrogens is 367 g/mol. The fraction of sp³-hybridized carbons (Fsp3) is 0.520. The van der Waals surface area contributed by atoms with Gasteiger partial charge in [0.05, 0.1) is 12.2 Å². The lowest BCUT2D eigenvalue weighted by Crippen LogP contribution is -2.44. The Morgan fingerprint density at radius 3 is 2.69 bits per heavy atom. The Morgan fingerprint density at radius 1 is 1.10 bits per heavy atom. The summed E-state index contributed by atoms with van der Waals surface area (Å²) in [7, 11) is 0. The van der Waals surface area contributed by atoms with Crippen molar-refractivity contribution in [1.29, 1.82) is 0 Å². The van der Waals surface area contributed by atoms with Crippen molar-refractivity contribution in [3.8, 4) is 5.75 Å². The maximum absolute atomic E-state index is 13.1. The number of benzene rings is 2. The van der Waals surface area contributed by atoms with Crippen LogP contribution in [0, 0.1) is 23.1 Å². The molecule has 0 radical (unpaired) electrons. The van der Waals surface area contributed by atoms with E-state index in [4.69, 9.17) is 4.74 Å². The Labute approximate surface area is 171 Å². The minimum atomic E-state index is -0.586. The first-order valence-electron chi connectivity index (χ1n) is 10.8. The number of rotatable bonds is 3. The zero-order chi connectivity index (χ0) is 20.2. The molecule has 6 unspecified atom stereocenters. The highest BCUT2D eigenvalue weighted by Crippen LogP contribution is 2.60. The first-order chi connectivity index (χ1) is 14.0. The van der Waals surface area contributed by atoms with Gasteiger partial charge in [-0.15, -0.1) is 0 Å². The fourth-order valence-corrected chi connectivity index (χ4v) is 6.38. The van der Waals surface area contributed by atoms with Gasteiger partial charge < -0.3 is 14.9 Å². The van der Waals surface area contributed by atoms with E-state index < -0.39 is 12.2 Å². The summed E-state index contributed by atoms with van der Waals surface area (Å²) < 4.78 is 19.0. The number of hydrogen-bond donors (Lipinski definition) is 2. The third kappa shape index (κ3) is 3.17. The third-order valence-corrected chi connectivity index (χ3v) is 7.99. The van der Waals surface area contributed by atoms with Crippen molar-refractivity contribution in [2.45, 2.75) is 63.8 Å². The molecular formula is C25H29FO3. The second-order valence-corrected chi connectivity index (χ2v) is 9.48. The van der Waals surface area contributed by atoms with E-state index in [1.54, 1.807) is 12.1 Å². The SMILES string of the molecule is CC12CCC3c4ccc(OCc5ccc(F)cc5)cc4CCC3C1CC(O)C2O. The van der Waals surface area contributed by atoms with Gasteiger partial charge in [-0.25, -0.2) is 4.39 Å². The van der Waals surface area contributed by atoms with E-state index >= 15 is 0 Å². The van der Waals surface area contributed by atoms with Crippen molar-refractivity contribution < 1.29 is 19.3 Å². The first kappa shape index (κ1) is 19.1. The molecule has 2 N–H and O–H groups in total. The highest BCUT2D eigenvalue weighted by Gasteiger charge is 2.57. The topological polar surface area (TPSA) is 49.7 Å². The van der Waals surface area contributed by atoms with E-state index in [1.165, 1.54) is 23.3 Å². The normalized spacial score (nSPS) is 35.5. The molecule has 0 aromatic heterocycles. The van der Waals surface area contributed by atoms with E-state index in [1.807, 2.05) is 0 Å². The van der Waals surface area contributed by atoms with E-state index in [-0.39, 0.29) is 11.2 Å². The van der Waals surface area contributed by atoms with Gasteiger partial charge in [-0.05, 0) is 96.2 Å². The van der Waals surface area contributed by atoms with Gasteiger partial charge in [0.2, 0.25) is 0 Å². The summed E-state index contributed by atoms with van der Waals surface area (Å²) in [6, 6.07) is 12.9. The van der Waals surface area contributed by atoms with Crippen LogP contribution in [0.5, 0.6) is 5.75 Å². The van der Waals surface area contributed by atoms with Crippen LogP contribution in [0.1, 0.15) is 55.2 Å². The molecule has 3 aliphatic rings. The Balaban J connectivity index is 1.33. The molecule has 2 aromatic rings. The zero-order valence-corrected chi connectivity index (χ0v) is 16.9. The van der Waals surface area contributed by atoms with Crippen LogP contribution in [0.15, 0.2) is 42.5 Å². The fourth-order valence-electron chi connectivity index (χ4n) is 6.38. The van der Waals surface area contributed by atoms with Gasteiger partial charge in [0.1, 0.15) is 18.2 Å². The Morgan fingerprint density at radius 2 is 1.90 bits per heavy atom. The van der Waals surface area contributed by atoms with Gasteiger partial charge in [0, 0.05) is 0 Å². The summed E-state index contributed by atoms with van der Waals surface area (Å²) in [5.41, 5.74) is 3.60. The van der Waals surface area contributed by atoms with Crippen molar-refractivity contribution in [3.63, 3.8) is 0 Å². The standard InChI is InChI=1S/C25H29FO3/c1-25-11-10-20-19-9-7-18(29-14-15-2-5-17(26)6-3-15)12-16(19)4-8-21(20)22(25)13-23(27)24(25)28/h2-3,5-7,9,12,20-24,27-28H,4,8,10-11,13-14H2,1H3. The van der Waals surface area contributed by atoms with Crippen LogP contribution in [0.25, 0.3) is 0 Å². The molecule has 0 heterocycles. The molecule has 2 fully saturated rings. The van der Waals surface area contributed by atoms with Crippen molar-refractivity contribution in [2.24, 2.45) is 17.3 Å². The molecule has 6 atom stereocenters. The van der Waals surface area contributed by atoms with E-state index in [0.717, 1.165) is 43.4 Å². The van der Waals surface area contributed by atoms with E-state index in [2.05, 4.69) is 25.1 Å². The van der Waals surface area contributed by atoms with Crippen LogP contribution >= 0.6 is 0 Å². The quantitative estimate of drug-likeness (QED) is 0.798. The maximum atomic E-state index is 13.1. The number of ether oxygens (including phenoxy) is 1. The van der Waals surface area contributed by atoms with Crippen molar-refractivity contribution in [3.05, 3.63) is 65.0 Å². The first-order valence-corrected chi connectivity index (χ1v) is 10.8. The van der Waals surface area contributed by atoms with Gasteiger partial charge in [0.25, 0.3) is 0 Å². The smallest absolute Gasteiger partial charge is 0.123 e. The summed E-state index contributed by atoms with van der Waals surface area (Å²) in [5.74, 6) is 2.08. The molecule has 4 heteroatoms. The molecule has 154 valence electrons. The minimum absolute atomic E-state index is 0.143. The second-order valence-electron chi connectivity index (χ2n) is 9.48. The summed E-state index contributed by atoms with van der Waals surface area (Å²) >= 11 is 0. The average Bonchev–Trinajstić information content (AvgIpc) is 2.97. The van der Waals surface area contributed by atoms with E-state index in [0.29, 0.717) is 24.4 Å². The van der Waals surface area contributed by atoms with Crippen LogP contribution in [0.2, 0.25) is 0 Å². The van der Waals surface area contributed by atoms with Crippen LogP contribution in [-0.4, -0.2) is 22.4 Å². The molecule has 29 heavy (non-hydrogen) atoms. The van der Waals surface area contributed by atoms with Crippen molar-refractivity contribution in [2.75, 3.05) is 0 Å². The van der Waals surface area contributed by atoms with Crippen molar-refractivity contribution in [1.82, 2.24) is 0 Å². The monoisotopic (exact) mass is 396 g/mol. The van der Waals surface area contributed by atoms with Crippen LogP contribution < -0.4 is 4.74 Å². The number of fused-ring (bicyclic) bond motifs is 5. The molecule has 5 rings (SSSR count). The molecule has 0 bridgehead atoms. The van der Waals surface area contributed by atoms with Gasteiger partial charge in [0.15, 0.2) is 0 Å². The Hall–Kier alpha value is -1.91. The molecule has 3 aliphatic carbocycles. The van der Waals surface area contributed by atoms with Crippen molar-refractivity contribution >= 4 is 0 Å². The van der Waals surface area contributed by atoms with Gasteiger partial charge >= 0.3 is 0 Å². The van der Waals surface area contributed by atoms with Crippen LogP contribution in [-0.2, 0) is 13.0 Å². The number of aryl methyl sites for hydroxylation is 1. The van der Waals surface area contributed by atoms with Gasteiger partial charge in [-0.2, -0.15) is 0 Å². The lowest BCUT2D eigenvalue weighted by Gasteiger charge is -2.49. The Kier molecular flexibility index (Phi) is 4.67. The third-order valence-electron chi connectivity index (χ3n) is 7.99. The summed E-state index contributed by atoms with van der Waals surface area (Å²) in [6.07, 6.45) is 3.74. The number of aliphatic hydroxyl groups is 2. The van der Waals surface area contributed by atoms with Crippen LogP contribution in [0.3, 0.4) is 0 Å². The van der Waals surface area contributed by atoms with Gasteiger partial charge in [-0.1, -0.05) is 25.1 Å². The molecule has 0 spiro atoms. The summed E-state index contributed by atoms with van der Waals surface area (Å²) in [4.78, 5) is 0. The lowest BCUT2D eigenvalue weighted by molar-refractivity contribution is -0.0505. The zero-order valence-electron chi connectivity index (χ0n) is 16.9. The van der Waals surface area contributed by atoms with E-state index in [9.17, 15) is 14.6 Å². The second kappa shape index (κ2) is 7.10. The number of aliphatic hydroxyl groups excluding tert-OH is 2. The predicted molar refractivity (Wildman–Crippen MR) is 109 cm³/mol. The summed E-state index contributed by atoms with van der Waals surface area (Å²) in [5, 5.41) is 20.9. The highest BCUT2D eigenvalue weighted by atomic mass is 19.1. The Bertz CT molecular complexity index is 895. The number of hydrogen-bond acceptors (Lipinski definition) is 3. The molecule has 0 amide bonds. The lowest BCUT2D eigenvalue weighted by atomic mass is 9.55.